The molecule has 1 aliphatic rings. The monoisotopic (exact) mass is 272 g/mol. The van der Waals surface area contributed by atoms with E-state index in [1.165, 1.54) is 4.90 Å². The Labute approximate surface area is 112 Å². The summed E-state index contributed by atoms with van der Waals surface area (Å²) in [4.78, 5) is 15.9. The van der Waals surface area contributed by atoms with Crippen molar-refractivity contribution in [3.05, 3.63) is 10.4 Å². The Kier molecular flexibility index (Phi) is 5.00. The third-order valence-electron chi connectivity index (χ3n) is 2.90. The van der Waals surface area contributed by atoms with Crippen molar-refractivity contribution in [3.63, 3.8) is 0 Å². The number of ether oxygens (including phenoxy) is 1. The van der Waals surface area contributed by atoms with Gasteiger partial charge in [-0.05, 0) is 45.6 Å². The number of azide groups is 1. The summed E-state index contributed by atoms with van der Waals surface area (Å²) in [5, 5.41) is 3.35. The van der Waals surface area contributed by atoms with Crippen molar-refractivity contribution in [2.45, 2.75) is 51.3 Å². The number of hydrogen-bond donors (Lipinski definition) is 0. The lowest BCUT2D eigenvalue weighted by Crippen LogP contribution is -2.49. The van der Waals surface area contributed by atoms with Crippen LogP contribution in [-0.4, -0.2) is 41.9 Å². The Morgan fingerprint density at radius 1 is 1.58 bits per heavy atom. The number of rotatable bonds is 3. The largest absolute Gasteiger partial charge is 0.444 e. The molecule has 19 heavy (non-hydrogen) atoms. The van der Waals surface area contributed by atoms with Crippen LogP contribution in [0.1, 0.15) is 40.0 Å². The van der Waals surface area contributed by atoms with Gasteiger partial charge in [0.05, 0.1) is 6.54 Å². The first-order chi connectivity index (χ1) is 8.76. The van der Waals surface area contributed by atoms with E-state index in [9.17, 15) is 9.18 Å². The van der Waals surface area contributed by atoms with Crippen LogP contribution in [0.4, 0.5) is 9.18 Å². The highest BCUT2D eigenvalue weighted by molar-refractivity contribution is 5.68. The molecule has 6 nitrogen and oxygen atoms in total. The van der Waals surface area contributed by atoms with E-state index in [0.29, 0.717) is 19.4 Å². The van der Waals surface area contributed by atoms with E-state index in [4.69, 9.17) is 10.3 Å². The van der Waals surface area contributed by atoms with Crippen molar-refractivity contribution >= 4 is 6.09 Å². The summed E-state index contributed by atoms with van der Waals surface area (Å²) >= 11 is 0. The summed E-state index contributed by atoms with van der Waals surface area (Å²) in [6.45, 7) is 5.94. The second-order valence-electron chi connectivity index (χ2n) is 5.86. The normalized spacial score (nSPS) is 23.7. The first-order valence-corrected chi connectivity index (χ1v) is 6.43. The summed E-state index contributed by atoms with van der Waals surface area (Å²) in [6.07, 6.45) is 0.619. The highest BCUT2D eigenvalue weighted by atomic mass is 19.1. The van der Waals surface area contributed by atoms with Crippen molar-refractivity contribution in [2.24, 2.45) is 5.11 Å². The minimum Gasteiger partial charge on any atom is -0.444 e. The van der Waals surface area contributed by atoms with Gasteiger partial charge in [0.2, 0.25) is 0 Å². The maximum Gasteiger partial charge on any atom is 0.410 e. The first kappa shape index (κ1) is 15.6. The van der Waals surface area contributed by atoms with E-state index in [-0.39, 0.29) is 19.5 Å². The predicted octanol–water partition coefficient (Wildman–Crippen LogP) is 3.43. The van der Waals surface area contributed by atoms with E-state index in [2.05, 4.69) is 10.0 Å². The van der Waals surface area contributed by atoms with Crippen LogP contribution in [0.3, 0.4) is 0 Å². The molecule has 0 saturated carbocycles. The molecule has 1 amide bonds. The number of carbonyl (C=O) groups is 1. The maximum atomic E-state index is 14.5. The molecule has 1 fully saturated rings. The van der Waals surface area contributed by atoms with E-state index >= 15 is 0 Å². The fraction of sp³-hybridized carbons (Fsp3) is 0.917. The fourth-order valence-electron chi connectivity index (χ4n) is 2.07. The summed E-state index contributed by atoms with van der Waals surface area (Å²) in [6, 6.07) is 0. The zero-order valence-corrected chi connectivity index (χ0v) is 11.7. The van der Waals surface area contributed by atoms with Crippen molar-refractivity contribution in [1.29, 1.82) is 0 Å². The molecule has 1 saturated heterocycles. The number of carbonyl (C=O) groups excluding carboxylic acids is 1. The van der Waals surface area contributed by atoms with Gasteiger partial charge in [0.1, 0.15) is 11.3 Å². The minimum absolute atomic E-state index is 0.00284. The van der Waals surface area contributed by atoms with Crippen molar-refractivity contribution < 1.29 is 13.9 Å². The molecule has 0 aromatic carbocycles. The molecule has 1 atom stereocenters. The topological polar surface area (TPSA) is 78.3 Å². The molecule has 0 aromatic heterocycles. The standard InChI is InChI=1S/C12H21FN4O2/c1-11(2,3)19-10(18)17-8-4-5-12(13,9-17)6-7-15-16-14/h4-9H2,1-3H3. The molecule has 0 radical (unpaired) electrons. The van der Waals surface area contributed by atoms with Gasteiger partial charge >= 0.3 is 6.09 Å². The second-order valence-corrected chi connectivity index (χ2v) is 5.86. The number of alkyl halides is 1. The molecule has 0 N–H and O–H groups in total. The highest BCUT2D eigenvalue weighted by Crippen LogP contribution is 2.29. The fourth-order valence-corrected chi connectivity index (χ4v) is 2.07. The van der Waals surface area contributed by atoms with Gasteiger partial charge in [-0.3, -0.25) is 0 Å². The van der Waals surface area contributed by atoms with Gasteiger partial charge in [0.25, 0.3) is 0 Å². The molecule has 7 heteroatoms. The van der Waals surface area contributed by atoms with Crippen LogP contribution in [0.5, 0.6) is 0 Å². The van der Waals surface area contributed by atoms with E-state index in [1.54, 1.807) is 20.8 Å². The Morgan fingerprint density at radius 3 is 2.84 bits per heavy atom. The number of likely N-dealkylation sites (tertiary alicyclic amines) is 1. The average molecular weight is 272 g/mol. The number of hydrogen-bond acceptors (Lipinski definition) is 3. The lowest BCUT2D eigenvalue weighted by molar-refractivity contribution is -0.00688. The third-order valence-corrected chi connectivity index (χ3v) is 2.90. The van der Waals surface area contributed by atoms with Crippen molar-refractivity contribution in [1.82, 2.24) is 4.90 Å². The Hall–Kier alpha value is -1.49. The Balaban J connectivity index is 2.58. The quantitative estimate of drug-likeness (QED) is 0.448. The lowest BCUT2D eigenvalue weighted by atomic mass is 9.92. The number of piperidine rings is 1. The third kappa shape index (κ3) is 5.34. The zero-order chi connectivity index (χ0) is 14.5. The molecule has 1 rings (SSSR count). The molecule has 1 aliphatic heterocycles. The van der Waals surface area contributed by atoms with Gasteiger partial charge in [-0.15, -0.1) is 0 Å². The smallest absolute Gasteiger partial charge is 0.410 e. The number of halogens is 1. The van der Waals surface area contributed by atoms with Crippen molar-refractivity contribution in [2.75, 3.05) is 19.6 Å². The van der Waals surface area contributed by atoms with Crippen LogP contribution in [0, 0.1) is 0 Å². The molecule has 0 aliphatic carbocycles. The summed E-state index contributed by atoms with van der Waals surface area (Å²) in [5.74, 6) is 0. The molecular formula is C12H21FN4O2. The van der Waals surface area contributed by atoms with Crippen LogP contribution in [0.15, 0.2) is 5.11 Å². The second kappa shape index (κ2) is 6.10. The van der Waals surface area contributed by atoms with Crippen LogP contribution < -0.4 is 0 Å². The van der Waals surface area contributed by atoms with Gasteiger partial charge in [0.15, 0.2) is 0 Å². The predicted molar refractivity (Wildman–Crippen MR) is 69.5 cm³/mol. The molecule has 108 valence electrons. The number of nitrogens with zero attached hydrogens (tertiary/aromatic N) is 4. The van der Waals surface area contributed by atoms with Crippen LogP contribution in [-0.2, 0) is 4.74 Å². The number of amides is 1. The van der Waals surface area contributed by atoms with Crippen LogP contribution >= 0.6 is 0 Å². The van der Waals surface area contributed by atoms with Gasteiger partial charge in [0, 0.05) is 18.0 Å². The summed E-state index contributed by atoms with van der Waals surface area (Å²) in [7, 11) is 0. The molecule has 1 unspecified atom stereocenters. The summed E-state index contributed by atoms with van der Waals surface area (Å²) in [5.41, 5.74) is 6.13. The van der Waals surface area contributed by atoms with E-state index in [1.807, 2.05) is 0 Å². The van der Waals surface area contributed by atoms with Crippen LogP contribution in [0.25, 0.3) is 10.4 Å². The van der Waals surface area contributed by atoms with Crippen LogP contribution in [0.2, 0.25) is 0 Å². The molecule has 0 spiro atoms. The van der Waals surface area contributed by atoms with Gasteiger partial charge in [-0.2, -0.15) is 0 Å². The minimum atomic E-state index is -1.48. The van der Waals surface area contributed by atoms with E-state index in [0.717, 1.165) is 0 Å². The first-order valence-electron chi connectivity index (χ1n) is 6.43. The van der Waals surface area contributed by atoms with Gasteiger partial charge < -0.3 is 9.64 Å². The Morgan fingerprint density at radius 2 is 2.26 bits per heavy atom. The lowest BCUT2D eigenvalue weighted by Gasteiger charge is -2.37. The molecule has 1 heterocycles. The van der Waals surface area contributed by atoms with Crippen molar-refractivity contribution in [3.8, 4) is 0 Å². The average Bonchev–Trinajstić information content (AvgIpc) is 2.27. The highest BCUT2D eigenvalue weighted by Gasteiger charge is 2.38. The Bertz CT molecular complexity index is 376. The van der Waals surface area contributed by atoms with Gasteiger partial charge in [-0.1, -0.05) is 5.11 Å². The van der Waals surface area contributed by atoms with Gasteiger partial charge in [-0.25, -0.2) is 9.18 Å². The summed E-state index contributed by atoms with van der Waals surface area (Å²) < 4.78 is 19.7. The zero-order valence-electron chi connectivity index (χ0n) is 11.7. The molecular weight excluding hydrogens is 251 g/mol. The molecule has 0 bridgehead atoms. The molecule has 0 aromatic rings. The van der Waals surface area contributed by atoms with E-state index < -0.39 is 17.4 Å². The SMILES string of the molecule is CC(C)(C)OC(=O)N1CCCC(F)(CCN=[N+]=[N-])C1. The maximum absolute atomic E-state index is 14.5.